The van der Waals surface area contributed by atoms with Gasteiger partial charge in [0, 0.05) is 13.1 Å². The molecule has 2 fully saturated rings. The van der Waals surface area contributed by atoms with E-state index in [1.165, 1.54) is 64.5 Å². The molecule has 0 bridgehead atoms. The van der Waals surface area contributed by atoms with Crippen molar-refractivity contribution in [1.29, 1.82) is 0 Å². The van der Waals surface area contributed by atoms with E-state index in [2.05, 4.69) is 4.90 Å². The van der Waals surface area contributed by atoms with Gasteiger partial charge >= 0.3 is 0 Å². The summed E-state index contributed by atoms with van der Waals surface area (Å²) in [4.78, 5) is 2.54. The molecule has 2 heteroatoms. The summed E-state index contributed by atoms with van der Waals surface area (Å²) in [5.41, 5.74) is 5.60. The van der Waals surface area contributed by atoms with Gasteiger partial charge in [0.2, 0.25) is 0 Å². The van der Waals surface area contributed by atoms with Crippen LogP contribution in [0.5, 0.6) is 0 Å². The number of hydrogen-bond donors (Lipinski definition) is 1. The van der Waals surface area contributed by atoms with Crippen LogP contribution in [-0.2, 0) is 0 Å². The Bertz CT molecular complexity index is 179. The molecule has 2 N–H and O–H groups in total. The van der Waals surface area contributed by atoms with Crippen LogP contribution in [0.4, 0.5) is 0 Å². The zero-order chi connectivity index (χ0) is 11.2. The molecule has 16 heavy (non-hydrogen) atoms. The minimum absolute atomic E-state index is 0.827. The summed E-state index contributed by atoms with van der Waals surface area (Å²) in [5.74, 6) is 2.09. The highest BCUT2D eigenvalue weighted by atomic mass is 15.1. The fraction of sp³-hybridized carbons (Fsp3) is 1.00. The molecule has 1 aliphatic carbocycles. The maximum absolute atomic E-state index is 5.60. The van der Waals surface area contributed by atoms with Gasteiger partial charge in [0.1, 0.15) is 0 Å². The molecule has 0 radical (unpaired) electrons. The van der Waals surface area contributed by atoms with Crippen LogP contribution in [0, 0.1) is 11.8 Å². The maximum Gasteiger partial charge on any atom is 0.0105 e. The molecule has 0 spiro atoms. The smallest absolute Gasteiger partial charge is 0.0105 e. The molecular formula is C14H28N2. The Labute approximate surface area is 101 Å². The van der Waals surface area contributed by atoms with Crippen molar-refractivity contribution in [2.24, 2.45) is 17.6 Å². The number of nitrogens with zero attached hydrogens (tertiary/aromatic N) is 1. The zero-order valence-electron chi connectivity index (χ0n) is 10.7. The molecule has 94 valence electrons. The van der Waals surface area contributed by atoms with Crippen molar-refractivity contribution in [3.8, 4) is 0 Å². The lowest BCUT2D eigenvalue weighted by Gasteiger charge is -2.34. The van der Waals surface area contributed by atoms with Crippen molar-refractivity contribution >= 4 is 0 Å². The second kappa shape index (κ2) is 6.61. The van der Waals surface area contributed by atoms with Crippen LogP contribution in [0.3, 0.4) is 0 Å². The topological polar surface area (TPSA) is 29.3 Å². The molecule has 0 aromatic carbocycles. The molecule has 0 amide bonds. The van der Waals surface area contributed by atoms with Crippen LogP contribution < -0.4 is 5.73 Å². The molecule has 1 aliphatic heterocycles. The highest BCUT2D eigenvalue weighted by Gasteiger charge is 2.22. The fourth-order valence-corrected chi connectivity index (χ4v) is 3.52. The third kappa shape index (κ3) is 3.74. The van der Waals surface area contributed by atoms with Crippen molar-refractivity contribution in [2.75, 3.05) is 26.2 Å². The lowest BCUT2D eigenvalue weighted by Crippen LogP contribution is -2.37. The SMILES string of the molecule is NCCN1CCC(CC2CCCCC2)CC1. The van der Waals surface area contributed by atoms with E-state index < -0.39 is 0 Å². The molecule has 2 aliphatic rings. The van der Waals surface area contributed by atoms with E-state index in [9.17, 15) is 0 Å². The van der Waals surface area contributed by atoms with Gasteiger partial charge in [-0.3, -0.25) is 0 Å². The fourth-order valence-electron chi connectivity index (χ4n) is 3.52. The number of hydrogen-bond acceptors (Lipinski definition) is 2. The number of likely N-dealkylation sites (tertiary alicyclic amines) is 1. The lowest BCUT2D eigenvalue weighted by atomic mass is 9.80. The van der Waals surface area contributed by atoms with Crippen LogP contribution in [0.2, 0.25) is 0 Å². The summed E-state index contributed by atoms with van der Waals surface area (Å²) in [6.45, 7) is 4.53. The van der Waals surface area contributed by atoms with E-state index in [0.717, 1.165) is 24.9 Å². The molecule has 1 saturated heterocycles. The second-order valence-corrected chi connectivity index (χ2v) is 5.81. The third-order valence-electron chi connectivity index (χ3n) is 4.54. The van der Waals surface area contributed by atoms with Gasteiger partial charge in [-0.1, -0.05) is 32.1 Å². The Hall–Kier alpha value is -0.0800. The molecule has 0 atom stereocenters. The van der Waals surface area contributed by atoms with Gasteiger partial charge in [0.25, 0.3) is 0 Å². The van der Waals surface area contributed by atoms with Crippen molar-refractivity contribution in [3.63, 3.8) is 0 Å². The molecule has 1 saturated carbocycles. The van der Waals surface area contributed by atoms with Gasteiger partial charge in [0.15, 0.2) is 0 Å². The normalized spacial score (nSPS) is 26.1. The largest absolute Gasteiger partial charge is 0.329 e. The summed E-state index contributed by atoms with van der Waals surface area (Å²) in [7, 11) is 0. The summed E-state index contributed by atoms with van der Waals surface area (Å²) in [5, 5.41) is 0. The quantitative estimate of drug-likeness (QED) is 0.795. The highest BCUT2D eigenvalue weighted by Crippen LogP contribution is 2.32. The average Bonchev–Trinajstić information content (AvgIpc) is 2.33. The number of rotatable bonds is 4. The first-order valence-corrected chi connectivity index (χ1v) is 7.31. The van der Waals surface area contributed by atoms with Crippen LogP contribution >= 0.6 is 0 Å². The van der Waals surface area contributed by atoms with E-state index >= 15 is 0 Å². The number of nitrogens with two attached hydrogens (primary N) is 1. The molecule has 2 nitrogen and oxygen atoms in total. The molecule has 0 aromatic heterocycles. The molecular weight excluding hydrogens is 196 g/mol. The van der Waals surface area contributed by atoms with Gasteiger partial charge in [-0.05, 0) is 44.2 Å². The summed E-state index contributed by atoms with van der Waals surface area (Å²) in [6.07, 6.45) is 11.9. The van der Waals surface area contributed by atoms with E-state index in [0.29, 0.717) is 0 Å². The van der Waals surface area contributed by atoms with E-state index in [-0.39, 0.29) is 0 Å². The highest BCUT2D eigenvalue weighted by molar-refractivity contribution is 4.76. The third-order valence-corrected chi connectivity index (χ3v) is 4.54. The first-order chi connectivity index (χ1) is 7.88. The predicted molar refractivity (Wildman–Crippen MR) is 69.4 cm³/mol. The monoisotopic (exact) mass is 224 g/mol. The van der Waals surface area contributed by atoms with Crippen LogP contribution in [0.25, 0.3) is 0 Å². The Morgan fingerprint density at radius 2 is 1.50 bits per heavy atom. The van der Waals surface area contributed by atoms with Gasteiger partial charge in [-0.2, -0.15) is 0 Å². The molecule has 2 rings (SSSR count). The van der Waals surface area contributed by atoms with Crippen LogP contribution in [0.1, 0.15) is 51.4 Å². The Kier molecular flexibility index (Phi) is 5.11. The van der Waals surface area contributed by atoms with Gasteiger partial charge in [-0.25, -0.2) is 0 Å². The first kappa shape index (κ1) is 12.4. The van der Waals surface area contributed by atoms with E-state index in [1.54, 1.807) is 0 Å². The van der Waals surface area contributed by atoms with E-state index in [4.69, 9.17) is 5.73 Å². The minimum atomic E-state index is 0.827. The van der Waals surface area contributed by atoms with Crippen molar-refractivity contribution in [3.05, 3.63) is 0 Å². The average molecular weight is 224 g/mol. The van der Waals surface area contributed by atoms with E-state index in [1.807, 2.05) is 0 Å². The Morgan fingerprint density at radius 1 is 0.875 bits per heavy atom. The van der Waals surface area contributed by atoms with Crippen LogP contribution in [-0.4, -0.2) is 31.1 Å². The lowest BCUT2D eigenvalue weighted by molar-refractivity contribution is 0.161. The second-order valence-electron chi connectivity index (χ2n) is 5.81. The summed E-state index contributed by atoms with van der Waals surface area (Å²) < 4.78 is 0. The summed E-state index contributed by atoms with van der Waals surface area (Å²) in [6, 6.07) is 0. The van der Waals surface area contributed by atoms with Gasteiger partial charge in [-0.15, -0.1) is 0 Å². The van der Waals surface area contributed by atoms with Crippen LogP contribution in [0.15, 0.2) is 0 Å². The Morgan fingerprint density at radius 3 is 2.12 bits per heavy atom. The van der Waals surface area contributed by atoms with Crippen molar-refractivity contribution in [2.45, 2.75) is 51.4 Å². The van der Waals surface area contributed by atoms with Crippen molar-refractivity contribution in [1.82, 2.24) is 4.90 Å². The minimum Gasteiger partial charge on any atom is -0.329 e. The predicted octanol–water partition coefficient (Wildman–Crippen LogP) is 2.63. The molecule has 1 heterocycles. The molecule has 0 unspecified atom stereocenters. The Balaban J connectivity index is 1.64. The van der Waals surface area contributed by atoms with Gasteiger partial charge in [0.05, 0.1) is 0 Å². The maximum atomic E-state index is 5.60. The van der Waals surface area contributed by atoms with Gasteiger partial charge < -0.3 is 10.6 Å². The first-order valence-electron chi connectivity index (χ1n) is 7.31. The molecule has 0 aromatic rings. The van der Waals surface area contributed by atoms with Crippen molar-refractivity contribution < 1.29 is 0 Å². The number of piperidine rings is 1. The standard InChI is InChI=1S/C14H28N2/c15-8-11-16-9-6-14(7-10-16)12-13-4-2-1-3-5-13/h13-14H,1-12,15H2. The summed E-state index contributed by atoms with van der Waals surface area (Å²) >= 11 is 0. The zero-order valence-corrected chi connectivity index (χ0v) is 10.7.